The van der Waals surface area contributed by atoms with E-state index < -0.39 is 5.54 Å². The number of likely N-dealkylation sites (N-methyl/N-ethyl adjacent to an activating group) is 2. The third-order valence-corrected chi connectivity index (χ3v) is 6.84. The molecule has 2 heterocycles. The highest BCUT2D eigenvalue weighted by atomic mass is 16.5. The van der Waals surface area contributed by atoms with Gasteiger partial charge in [0.05, 0.1) is 0 Å². The van der Waals surface area contributed by atoms with Crippen LogP contribution < -0.4 is 0 Å². The van der Waals surface area contributed by atoms with Crippen molar-refractivity contribution >= 4 is 23.9 Å². The van der Waals surface area contributed by atoms with Gasteiger partial charge in [-0.25, -0.2) is 9.59 Å². The van der Waals surface area contributed by atoms with E-state index in [-0.39, 0.29) is 42.4 Å². The molecule has 194 valence electrons. The van der Waals surface area contributed by atoms with Crippen LogP contribution in [0.15, 0.2) is 0 Å². The van der Waals surface area contributed by atoms with Gasteiger partial charge in [0.2, 0.25) is 5.91 Å². The summed E-state index contributed by atoms with van der Waals surface area (Å²) in [6.45, 7) is 15.1. The van der Waals surface area contributed by atoms with Gasteiger partial charge >= 0.3 is 12.1 Å². The first kappa shape index (κ1) is 28.1. The van der Waals surface area contributed by atoms with E-state index in [1.807, 2.05) is 27.7 Å². The van der Waals surface area contributed by atoms with Gasteiger partial charge in [-0.3, -0.25) is 19.4 Å². The minimum absolute atomic E-state index is 0.104. The summed E-state index contributed by atoms with van der Waals surface area (Å²) < 4.78 is 5.78. The summed E-state index contributed by atoms with van der Waals surface area (Å²) in [6, 6.07) is -0.355. The molecule has 2 fully saturated rings. The van der Waals surface area contributed by atoms with E-state index in [4.69, 9.17) is 4.74 Å². The van der Waals surface area contributed by atoms with Crippen LogP contribution in [0.1, 0.15) is 80.1 Å². The zero-order valence-corrected chi connectivity index (χ0v) is 22.0. The van der Waals surface area contributed by atoms with Crippen molar-refractivity contribution in [1.82, 2.24) is 19.6 Å². The molecule has 0 aliphatic carbocycles. The minimum atomic E-state index is -0.490. The molecule has 0 bridgehead atoms. The zero-order chi connectivity index (χ0) is 25.5. The number of amides is 6. The van der Waals surface area contributed by atoms with Crippen molar-refractivity contribution < 1.29 is 23.9 Å². The summed E-state index contributed by atoms with van der Waals surface area (Å²) in [5, 5.41) is 0. The Morgan fingerprint density at radius 3 is 1.79 bits per heavy atom. The number of unbranched alkanes of at least 4 members (excludes halogenated alkanes) is 2. The quantitative estimate of drug-likeness (QED) is 0.263. The fraction of sp³-hybridized carbons (Fsp3) is 0.840. The molecule has 0 aromatic carbocycles. The van der Waals surface area contributed by atoms with Crippen LogP contribution in [0.2, 0.25) is 0 Å². The van der Waals surface area contributed by atoms with Crippen molar-refractivity contribution in [2.75, 3.05) is 45.9 Å². The molecule has 0 radical (unpaired) electrons. The van der Waals surface area contributed by atoms with Crippen LogP contribution in [0.4, 0.5) is 9.59 Å². The lowest BCUT2D eigenvalue weighted by molar-refractivity contribution is -0.129. The number of nitrogens with zero attached hydrogens (tertiary/aromatic N) is 4. The highest BCUT2D eigenvalue weighted by Gasteiger charge is 2.43. The summed E-state index contributed by atoms with van der Waals surface area (Å²) in [5.74, 6) is -0.218. The third kappa shape index (κ3) is 7.17. The second-order valence-corrected chi connectivity index (χ2v) is 10.8. The summed E-state index contributed by atoms with van der Waals surface area (Å²) >= 11 is 0. The second-order valence-electron chi connectivity index (χ2n) is 10.8. The maximum Gasteiger partial charge on any atom is 0.327 e. The molecule has 0 unspecified atom stereocenters. The van der Waals surface area contributed by atoms with Gasteiger partial charge in [-0.1, -0.05) is 20.3 Å². The number of hydrogen-bond donors (Lipinski definition) is 0. The van der Waals surface area contributed by atoms with E-state index in [9.17, 15) is 19.2 Å². The van der Waals surface area contributed by atoms with Crippen LogP contribution in [0.3, 0.4) is 0 Å². The Labute approximate surface area is 204 Å². The van der Waals surface area contributed by atoms with Crippen LogP contribution in [-0.4, -0.2) is 95.0 Å². The van der Waals surface area contributed by atoms with E-state index in [0.717, 1.165) is 38.5 Å². The first-order valence-electron chi connectivity index (χ1n) is 12.7. The molecule has 0 spiro atoms. The fourth-order valence-electron chi connectivity index (χ4n) is 4.68. The minimum Gasteiger partial charge on any atom is -0.381 e. The Balaban J connectivity index is 1.58. The second kappa shape index (κ2) is 12.0. The number of hydrogen-bond acceptors (Lipinski definition) is 5. The van der Waals surface area contributed by atoms with Gasteiger partial charge in [0, 0.05) is 38.4 Å². The molecule has 9 nitrogen and oxygen atoms in total. The Bertz CT molecular complexity index is 752. The molecule has 0 aromatic heterocycles. The van der Waals surface area contributed by atoms with Gasteiger partial charge in [0.15, 0.2) is 0 Å². The maximum atomic E-state index is 12.4. The molecule has 0 saturated carbocycles. The van der Waals surface area contributed by atoms with Gasteiger partial charge in [0.1, 0.15) is 13.1 Å². The maximum absolute atomic E-state index is 12.4. The molecule has 0 atom stereocenters. The predicted octanol–water partition coefficient (Wildman–Crippen LogP) is 3.72. The van der Waals surface area contributed by atoms with Crippen molar-refractivity contribution in [1.29, 1.82) is 0 Å². The van der Waals surface area contributed by atoms with Crippen LogP contribution in [0.5, 0.6) is 0 Å². The monoisotopic (exact) mass is 480 g/mol. The molecule has 0 aromatic rings. The highest BCUT2D eigenvalue weighted by Crippen LogP contribution is 2.28. The van der Waals surface area contributed by atoms with Crippen molar-refractivity contribution in [2.45, 2.75) is 85.6 Å². The largest absolute Gasteiger partial charge is 0.381 e. The number of carbonyl (C=O) groups excluding carboxylic acids is 4. The molecule has 6 amide bonds. The first-order valence-corrected chi connectivity index (χ1v) is 12.7. The topological polar surface area (TPSA) is 90.5 Å². The van der Waals surface area contributed by atoms with Crippen LogP contribution in [-0.2, 0) is 14.3 Å². The average Bonchev–Trinajstić information content (AvgIpc) is 3.21. The van der Waals surface area contributed by atoms with E-state index >= 15 is 0 Å². The smallest absolute Gasteiger partial charge is 0.327 e. The Morgan fingerprint density at radius 2 is 1.26 bits per heavy atom. The molecule has 2 aliphatic heterocycles. The van der Waals surface area contributed by atoms with E-state index in [1.165, 1.54) is 9.80 Å². The first-order chi connectivity index (χ1) is 15.9. The van der Waals surface area contributed by atoms with E-state index in [0.29, 0.717) is 32.8 Å². The molecule has 34 heavy (non-hydrogen) atoms. The summed E-state index contributed by atoms with van der Waals surface area (Å²) in [6.07, 6.45) is 5.34. The number of urea groups is 2. The third-order valence-electron chi connectivity index (χ3n) is 6.84. The number of ether oxygens (including phenoxy) is 1. The van der Waals surface area contributed by atoms with Gasteiger partial charge in [-0.05, 0) is 65.2 Å². The summed E-state index contributed by atoms with van der Waals surface area (Å²) in [5.41, 5.74) is -0.617. The van der Waals surface area contributed by atoms with Crippen molar-refractivity contribution in [3.05, 3.63) is 0 Å². The number of rotatable bonds is 15. The standard InChI is InChI=1S/C25H44N4O5/c1-7-26-17-20(30)28(22(26)32)19-24(3,4)13-9-11-15-34-16-12-10-14-25(5,6)29-21(31)18-27(8-2)23(29)33/h7-19H2,1-6H3. The van der Waals surface area contributed by atoms with E-state index in [1.54, 1.807) is 9.80 Å². The van der Waals surface area contributed by atoms with Gasteiger partial charge in [0.25, 0.3) is 5.91 Å². The fourth-order valence-corrected chi connectivity index (χ4v) is 4.68. The molecule has 2 saturated heterocycles. The van der Waals surface area contributed by atoms with Crippen molar-refractivity contribution in [3.63, 3.8) is 0 Å². The van der Waals surface area contributed by atoms with Gasteiger partial charge < -0.3 is 14.5 Å². The van der Waals surface area contributed by atoms with Crippen LogP contribution in [0.25, 0.3) is 0 Å². The summed E-state index contributed by atoms with van der Waals surface area (Å²) in [4.78, 5) is 55.1. The lowest BCUT2D eigenvalue weighted by atomic mass is 9.86. The molecular weight excluding hydrogens is 436 g/mol. The Hall–Kier alpha value is -2.16. The SMILES string of the molecule is CCN1CC(=O)N(CC(C)(C)CCCCOCCCCC(C)(C)N2C(=O)CN(CC)C2=O)C1=O. The Morgan fingerprint density at radius 1 is 0.735 bits per heavy atom. The average molecular weight is 481 g/mol. The number of imide groups is 2. The molecule has 2 aliphatic rings. The predicted molar refractivity (Wildman–Crippen MR) is 130 cm³/mol. The lowest BCUT2D eigenvalue weighted by Gasteiger charge is -2.33. The lowest BCUT2D eigenvalue weighted by Crippen LogP contribution is -2.48. The zero-order valence-electron chi connectivity index (χ0n) is 22.0. The van der Waals surface area contributed by atoms with Crippen molar-refractivity contribution in [3.8, 4) is 0 Å². The molecular formula is C25H44N4O5. The van der Waals surface area contributed by atoms with E-state index in [2.05, 4.69) is 13.8 Å². The van der Waals surface area contributed by atoms with Crippen LogP contribution >= 0.6 is 0 Å². The number of carbonyl (C=O) groups is 4. The van der Waals surface area contributed by atoms with Crippen molar-refractivity contribution in [2.24, 2.45) is 5.41 Å². The van der Waals surface area contributed by atoms with Gasteiger partial charge in [-0.2, -0.15) is 0 Å². The Kier molecular flexibility index (Phi) is 9.91. The van der Waals surface area contributed by atoms with Gasteiger partial charge in [-0.15, -0.1) is 0 Å². The molecule has 9 heteroatoms. The summed E-state index contributed by atoms with van der Waals surface area (Å²) in [7, 11) is 0. The highest BCUT2D eigenvalue weighted by molar-refractivity contribution is 6.03. The van der Waals surface area contributed by atoms with Crippen LogP contribution in [0, 0.1) is 5.41 Å². The molecule has 2 rings (SSSR count). The normalized spacial score (nSPS) is 17.7. The molecule has 0 N–H and O–H groups in total.